The Balaban J connectivity index is 2.50. The number of hydrogen-bond acceptors (Lipinski definition) is 3. The van der Waals surface area contributed by atoms with Gasteiger partial charge in [-0.25, -0.2) is 5.01 Å². The van der Waals surface area contributed by atoms with E-state index in [1.807, 2.05) is 0 Å². The number of carbonyl (C=O) groups excluding carboxylic acids is 1. The van der Waals surface area contributed by atoms with Crippen LogP contribution in [0.15, 0.2) is 5.10 Å². The molecule has 4 nitrogen and oxygen atoms in total. The van der Waals surface area contributed by atoms with E-state index >= 15 is 0 Å². The van der Waals surface area contributed by atoms with Gasteiger partial charge in [0.05, 0.1) is 5.92 Å². The second-order valence-corrected chi connectivity index (χ2v) is 2.31. The van der Waals surface area contributed by atoms with Gasteiger partial charge in [-0.2, -0.15) is 5.10 Å². The second kappa shape index (κ2) is 2.79. The Morgan fingerprint density at radius 2 is 2.60 bits per heavy atom. The Labute approximate surface area is 59.7 Å². The van der Waals surface area contributed by atoms with Crippen LogP contribution in [0, 0.1) is 5.92 Å². The van der Waals surface area contributed by atoms with Crippen LogP contribution in [-0.2, 0) is 4.79 Å². The van der Waals surface area contributed by atoms with Crippen LogP contribution in [0.5, 0.6) is 0 Å². The molecule has 56 valence electrons. The van der Waals surface area contributed by atoms with Gasteiger partial charge in [0.15, 0.2) is 0 Å². The number of amides is 1. The van der Waals surface area contributed by atoms with Gasteiger partial charge in [-0.15, -0.1) is 0 Å². The molecule has 1 amide bonds. The van der Waals surface area contributed by atoms with E-state index in [2.05, 4.69) is 5.10 Å². The van der Waals surface area contributed by atoms with Crippen molar-refractivity contribution in [1.29, 1.82) is 0 Å². The summed E-state index contributed by atoms with van der Waals surface area (Å²) in [4.78, 5) is 11.0. The topological polar surface area (TPSA) is 58.7 Å². The van der Waals surface area contributed by atoms with Crippen molar-refractivity contribution in [2.75, 3.05) is 13.6 Å². The third kappa shape index (κ3) is 1.16. The molecular formula is C6H11N3O. The Hall–Kier alpha value is -0.900. The van der Waals surface area contributed by atoms with E-state index < -0.39 is 0 Å². The summed E-state index contributed by atoms with van der Waals surface area (Å²) in [6.45, 7) is 0.538. The predicted molar refractivity (Wildman–Crippen MR) is 38.4 cm³/mol. The van der Waals surface area contributed by atoms with E-state index in [1.54, 1.807) is 13.3 Å². The molecule has 1 rings (SSSR count). The number of hydrazone groups is 1. The lowest BCUT2D eigenvalue weighted by Crippen LogP contribution is -2.24. The van der Waals surface area contributed by atoms with Gasteiger partial charge in [-0.3, -0.25) is 4.79 Å². The third-order valence-corrected chi connectivity index (χ3v) is 1.53. The largest absolute Gasteiger partial charge is 0.330 e. The molecule has 1 aliphatic heterocycles. The summed E-state index contributed by atoms with van der Waals surface area (Å²) in [6.07, 6.45) is 2.35. The lowest BCUT2D eigenvalue weighted by atomic mass is 10.1. The smallest absolute Gasteiger partial charge is 0.250 e. The fourth-order valence-corrected chi connectivity index (χ4v) is 0.919. The minimum atomic E-state index is -0.0741. The van der Waals surface area contributed by atoms with Crippen LogP contribution < -0.4 is 5.73 Å². The monoisotopic (exact) mass is 141 g/mol. The van der Waals surface area contributed by atoms with Crippen LogP contribution in [0.1, 0.15) is 6.42 Å². The zero-order valence-corrected chi connectivity index (χ0v) is 5.95. The number of nitrogens with zero attached hydrogens (tertiary/aromatic N) is 2. The summed E-state index contributed by atoms with van der Waals surface area (Å²) in [7, 11) is 1.65. The summed E-state index contributed by atoms with van der Waals surface area (Å²) in [5.74, 6) is -0.0274. The Morgan fingerprint density at radius 3 is 3.00 bits per heavy atom. The predicted octanol–water partition coefficient (Wildman–Crippen LogP) is -0.591. The van der Waals surface area contributed by atoms with Gasteiger partial charge in [0, 0.05) is 13.3 Å². The molecule has 0 radical (unpaired) electrons. The van der Waals surface area contributed by atoms with Gasteiger partial charge in [0.1, 0.15) is 0 Å². The third-order valence-electron chi connectivity index (χ3n) is 1.53. The molecule has 4 heteroatoms. The summed E-state index contributed by atoms with van der Waals surface area (Å²) < 4.78 is 0. The zero-order chi connectivity index (χ0) is 7.56. The minimum absolute atomic E-state index is 0.0467. The van der Waals surface area contributed by atoms with Crippen LogP contribution in [0.25, 0.3) is 0 Å². The maximum absolute atomic E-state index is 11.0. The van der Waals surface area contributed by atoms with Crippen molar-refractivity contribution in [3.8, 4) is 0 Å². The first-order valence-corrected chi connectivity index (χ1v) is 3.27. The average Bonchev–Trinajstić information content (AvgIpc) is 2.20. The molecule has 1 atom stereocenters. The standard InChI is InChI=1S/C6H11N3O/c1-9-6(10)5(2-3-7)4-8-9/h4-5H,2-3,7H2,1H3. The number of carbonyl (C=O) groups is 1. The van der Waals surface area contributed by atoms with Crippen molar-refractivity contribution in [3.05, 3.63) is 0 Å². The van der Waals surface area contributed by atoms with Gasteiger partial charge < -0.3 is 5.73 Å². The molecule has 10 heavy (non-hydrogen) atoms. The van der Waals surface area contributed by atoms with Gasteiger partial charge in [-0.05, 0) is 13.0 Å². The van der Waals surface area contributed by atoms with Gasteiger partial charge >= 0.3 is 0 Å². The maximum atomic E-state index is 11.0. The maximum Gasteiger partial charge on any atom is 0.250 e. The van der Waals surface area contributed by atoms with Crippen molar-refractivity contribution in [1.82, 2.24) is 5.01 Å². The molecule has 0 bridgehead atoms. The van der Waals surface area contributed by atoms with Crippen LogP contribution in [0.4, 0.5) is 0 Å². The van der Waals surface area contributed by atoms with Gasteiger partial charge in [0.25, 0.3) is 5.91 Å². The second-order valence-electron chi connectivity index (χ2n) is 2.31. The van der Waals surface area contributed by atoms with Crippen molar-refractivity contribution >= 4 is 12.1 Å². The van der Waals surface area contributed by atoms with Crippen LogP contribution >= 0.6 is 0 Å². The molecule has 0 aromatic carbocycles. The molecule has 0 saturated carbocycles. The highest BCUT2D eigenvalue weighted by Gasteiger charge is 2.24. The Kier molecular flexibility index (Phi) is 2.01. The van der Waals surface area contributed by atoms with Gasteiger partial charge in [0.2, 0.25) is 0 Å². The first-order chi connectivity index (χ1) is 4.75. The quantitative estimate of drug-likeness (QED) is 0.558. The number of rotatable bonds is 2. The summed E-state index contributed by atoms with van der Waals surface area (Å²) >= 11 is 0. The molecule has 0 saturated heterocycles. The molecule has 0 fully saturated rings. The highest BCUT2D eigenvalue weighted by atomic mass is 16.2. The molecule has 0 aromatic heterocycles. The number of nitrogens with two attached hydrogens (primary N) is 1. The highest BCUT2D eigenvalue weighted by Crippen LogP contribution is 2.09. The van der Waals surface area contributed by atoms with E-state index in [1.165, 1.54) is 5.01 Å². The lowest BCUT2D eigenvalue weighted by Gasteiger charge is -2.05. The fourth-order valence-electron chi connectivity index (χ4n) is 0.919. The SMILES string of the molecule is CN1N=CC(CCN)C1=O. The van der Waals surface area contributed by atoms with E-state index in [-0.39, 0.29) is 11.8 Å². The number of hydrogen-bond donors (Lipinski definition) is 1. The summed E-state index contributed by atoms with van der Waals surface area (Å²) in [5, 5.41) is 5.17. The molecule has 1 aliphatic rings. The molecule has 2 N–H and O–H groups in total. The van der Waals surface area contributed by atoms with Crippen molar-refractivity contribution in [3.63, 3.8) is 0 Å². The minimum Gasteiger partial charge on any atom is -0.330 e. The molecule has 0 aliphatic carbocycles. The zero-order valence-electron chi connectivity index (χ0n) is 5.95. The fraction of sp³-hybridized carbons (Fsp3) is 0.667. The normalized spacial score (nSPS) is 24.4. The van der Waals surface area contributed by atoms with Crippen molar-refractivity contribution < 1.29 is 4.79 Å². The Bertz CT molecular complexity index is 166. The van der Waals surface area contributed by atoms with E-state index in [0.29, 0.717) is 13.0 Å². The summed E-state index contributed by atoms with van der Waals surface area (Å²) in [6, 6.07) is 0. The summed E-state index contributed by atoms with van der Waals surface area (Å²) in [5.41, 5.74) is 5.28. The first-order valence-electron chi connectivity index (χ1n) is 3.27. The van der Waals surface area contributed by atoms with E-state index in [9.17, 15) is 4.79 Å². The van der Waals surface area contributed by atoms with E-state index in [0.717, 1.165) is 0 Å². The van der Waals surface area contributed by atoms with Crippen LogP contribution in [-0.4, -0.2) is 30.7 Å². The first kappa shape index (κ1) is 7.21. The molecular weight excluding hydrogens is 130 g/mol. The molecule has 0 aromatic rings. The van der Waals surface area contributed by atoms with Crippen LogP contribution in [0.2, 0.25) is 0 Å². The molecule has 1 unspecified atom stereocenters. The lowest BCUT2D eigenvalue weighted by molar-refractivity contribution is -0.130. The average molecular weight is 141 g/mol. The van der Waals surface area contributed by atoms with Crippen molar-refractivity contribution in [2.45, 2.75) is 6.42 Å². The van der Waals surface area contributed by atoms with Crippen molar-refractivity contribution in [2.24, 2.45) is 16.8 Å². The molecule has 0 spiro atoms. The van der Waals surface area contributed by atoms with Crippen LogP contribution in [0.3, 0.4) is 0 Å². The van der Waals surface area contributed by atoms with E-state index in [4.69, 9.17) is 5.73 Å². The Morgan fingerprint density at radius 1 is 1.90 bits per heavy atom. The van der Waals surface area contributed by atoms with Gasteiger partial charge in [-0.1, -0.05) is 0 Å². The highest BCUT2D eigenvalue weighted by molar-refractivity contribution is 5.96. The molecule has 1 heterocycles.